The molecule has 0 fully saturated rings. The van der Waals surface area contributed by atoms with Crippen molar-refractivity contribution in [2.75, 3.05) is 39.1 Å². The lowest BCUT2D eigenvalue weighted by Crippen LogP contribution is -2.34. The van der Waals surface area contributed by atoms with Gasteiger partial charge >= 0.3 is 0 Å². The Balaban J connectivity index is 2.13. The van der Waals surface area contributed by atoms with Crippen LogP contribution >= 0.6 is 47.0 Å². The van der Waals surface area contributed by atoms with Crippen molar-refractivity contribution in [2.24, 2.45) is 10.8 Å². The summed E-state index contributed by atoms with van der Waals surface area (Å²) in [6.07, 6.45) is 0.397. The van der Waals surface area contributed by atoms with Crippen molar-refractivity contribution >= 4 is 67.9 Å². The Morgan fingerprint density at radius 2 is 1.74 bits per heavy atom. The van der Waals surface area contributed by atoms with Crippen LogP contribution in [0.2, 0.25) is 5.02 Å². The summed E-state index contributed by atoms with van der Waals surface area (Å²) >= 11 is 23.0. The molecule has 0 aliphatic carbocycles. The Bertz CT molecular complexity index is 1200. The molecule has 1 heterocycles. The van der Waals surface area contributed by atoms with Gasteiger partial charge in [0, 0.05) is 47.9 Å². The number of benzene rings is 2. The zero-order valence-corrected chi connectivity index (χ0v) is 23.0. The lowest BCUT2D eigenvalue weighted by atomic mass is 9.98. The minimum Gasteiger partial charge on any atom is -0.496 e. The van der Waals surface area contributed by atoms with Crippen LogP contribution in [0.3, 0.4) is 0 Å². The van der Waals surface area contributed by atoms with Crippen LogP contribution < -0.4 is 15.2 Å². The number of thiocarbonyl (C=S) groups is 1. The van der Waals surface area contributed by atoms with Gasteiger partial charge in [-0.3, -0.25) is 0 Å². The average Bonchev–Trinajstić information content (AvgIpc) is 3.29. The first-order valence-electron chi connectivity index (χ1n) is 10.5. The number of nitrogens with two attached hydrogens (primary N) is 1. The van der Waals surface area contributed by atoms with Gasteiger partial charge in [-0.25, -0.2) is 13.4 Å². The van der Waals surface area contributed by atoms with Crippen molar-refractivity contribution in [3.63, 3.8) is 0 Å². The molecule has 1 atom stereocenters. The number of hydrazone groups is 1. The van der Waals surface area contributed by atoms with Crippen LogP contribution in [0.5, 0.6) is 11.5 Å². The summed E-state index contributed by atoms with van der Waals surface area (Å²) in [7, 11) is -1.12. The average molecular weight is 580 g/mol. The maximum absolute atomic E-state index is 13.5. The quantitative estimate of drug-likeness (QED) is 0.332. The van der Waals surface area contributed by atoms with Crippen LogP contribution in [0, 0.1) is 0 Å². The van der Waals surface area contributed by atoms with E-state index in [9.17, 15) is 8.42 Å². The van der Waals surface area contributed by atoms with E-state index >= 15 is 0 Å². The summed E-state index contributed by atoms with van der Waals surface area (Å²) in [4.78, 5) is -0.0504. The number of halogens is 3. The van der Waals surface area contributed by atoms with Gasteiger partial charge in [0.15, 0.2) is 5.11 Å². The van der Waals surface area contributed by atoms with Crippen molar-refractivity contribution < 1.29 is 17.9 Å². The largest absolute Gasteiger partial charge is 0.496 e. The summed E-state index contributed by atoms with van der Waals surface area (Å²) in [5.41, 5.74) is 7.89. The van der Waals surface area contributed by atoms with Crippen LogP contribution in [0.25, 0.3) is 0 Å². The van der Waals surface area contributed by atoms with Crippen molar-refractivity contribution in [3.05, 3.63) is 52.5 Å². The minimum absolute atomic E-state index is 0.0504. The molecule has 190 valence electrons. The molecule has 13 heteroatoms. The molecule has 0 radical (unpaired) electrons. The topological polar surface area (TPSA) is 97.5 Å². The SMILES string of the molecule is COc1cc(OC)c(S(=O)(=O)N(CCCl)CCCl)cc1C1=NN(C(N)=S)C(c2ccc(Cl)cc2)C1. The second-order valence-corrected chi connectivity index (χ2v) is 11.0. The maximum Gasteiger partial charge on any atom is 0.246 e. The molecule has 2 N–H and O–H groups in total. The molecule has 0 saturated carbocycles. The predicted octanol–water partition coefficient (Wildman–Crippen LogP) is 4.22. The van der Waals surface area contributed by atoms with E-state index in [1.54, 1.807) is 12.1 Å². The van der Waals surface area contributed by atoms with Crippen molar-refractivity contribution in [1.29, 1.82) is 0 Å². The van der Waals surface area contributed by atoms with Crippen LogP contribution in [-0.4, -0.2) is 67.6 Å². The highest BCUT2D eigenvalue weighted by atomic mass is 35.5. The Hall–Kier alpha value is -1.82. The number of methoxy groups -OCH3 is 2. The van der Waals surface area contributed by atoms with Crippen LogP contribution in [-0.2, 0) is 10.0 Å². The summed E-state index contributed by atoms with van der Waals surface area (Å²) in [5.74, 6) is 0.735. The fourth-order valence-electron chi connectivity index (χ4n) is 3.80. The van der Waals surface area contributed by atoms with E-state index < -0.39 is 10.0 Å². The fourth-order valence-corrected chi connectivity index (χ4v) is 6.30. The second-order valence-electron chi connectivity index (χ2n) is 7.49. The second kappa shape index (κ2) is 11.9. The third-order valence-corrected chi connectivity index (χ3v) is 8.17. The number of alkyl halides is 2. The summed E-state index contributed by atoms with van der Waals surface area (Å²) in [6, 6.07) is 9.99. The highest BCUT2D eigenvalue weighted by Crippen LogP contribution is 2.39. The zero-order chi connectivity index (χ0) is 25.8. The van der Waals surface area contributed by atoms with Gasteiger partial charge in [-0.2, -0.15) is 9.41 Å². The Kier molecular flexibility index (Phi) is 9.47. The number of nitrogens with zero attached hydrogens (tertiary/aromatic N) is 3. The van der Waals surface area contributed by atoms with E-state index in [2.05, 4.69) is 5.10 Å². The Labute approximate surface area is 225 Å². The summed E-state index contributed by atoms with van der Waals surface area (Å²) in [5, 5.41) is 6.83. The number of hydrogen-bond donors (Lipinski definition) is 1. The normalized spacial score (nSPS) is 15.9. The van der Waals surface area contributed by atoms with Crippen LogP contribution in [0.4, 0.5) is 0 Å². The standard InChI is InChI=1S/C22H25Cl3N4O4S2/c1-32-19-13-20(33-2)21(35(30,31)28(9-7-23)10-8-24)11-16(19)17-12-18(29(27-17)22(26)34)14-3-5-15(25)6-4-14/h3-6,11,13,18H,7-10,12H2,1-2H3,(H2,26,34). The summed E-state index contributed by atoms with van der Waals surface area (Å²) < 4.78 is 39.3. The van der Waals surface area contributed by atoms with E-state index in [4.69, 9.17) is 62.2 Å². The molecule has 0 spiro atoms. The molecule has 1 unspecified atom stereocenters. The smallest absolute Gasteiger partial charge is 0.246 e. The first-order chi connectivity index (χ1) is 16.7. The first kappa shape index (κ1) is 27.8. The van der Waals surface area contributed by atoms with Gasteiger partial charge in [-0.1, -0.05) is 23.7 Å². The molecule has 3 rings (SSSR count). The molecule has 1 aliphatic heterocycles. The fraction of sp³-hybridized carbons (Fsp3) is 0.364. The van der Waals surface area contributed by atoms with Gasteiger partial charge in [0.05, 0.1) is 26.0 Å². The number of hydrogen-bond acceptors (Lipinski definition) is 6. The van der Waals surface area contributed by atoms with Crippen LogP contribution in [0.1, 0.15) is 23.6 Å². The predicted molar refractivity (Wildman–Crippen MR) is 144 cm³/mol. The molecule has 0 aromatic heterocycles. The highest BCUT2D eigenvalue weighted by molar-refractivity contribution is 7.89. The molecule has 1 aliphatic rings. The number of ether oxygens (including phenoxy) is 2. The van der Waals surface area contributed by atoms with Crippen molar-refractivity contribution in [2.45, 2.75) is 17.4 Å². The maximum atomic E-state index is 13.5. The molecule has 0 bridgehead atoms. The first-order valence-corrected chi connectivity index (χ1v) is 13.8. The molecular weight excluding hydrogens is 555 g/mol. The molecule has 2 aromatic carbocycles. The number of rotatable bonds is 10. The van der Waals surface area contributed by atoms with E-state index in [-0.39, 0.29) is 46.6 Å². The Morgan fingerprint density at radius 3 is 2.26 bits per heavy atom. The van der Waals surface area contributed by atoms with Gasteiger partial charge < -0.3 is 15.2 Å². The van der Waals surface area contributed by atoms with E-state index in [1.165, 1.54) is 35.7 Å². The molecule has 2 aromatic rings. The van der Waals surface area contributed by atoms with Crippen molar-refractivity contribution in [1.82, 2.24) is 9.31 Å². The van der Waals surface area contributed by atoms with Crippen molar-refractivity contribution in [3.8, 4) is 11.5 Å². The molecule has 0 amide bonds. The Morgan fingerprint density at radius 1 is 1.14 bits per heavy atom. The van der Waals surface area contributed by atoms with Gasteiger partial charge in [0.2, 0.25) is 10.0 Å². The third kappa shape index (κ3) is 5.95. The van der Waals surface area contributed by atoms with E-state index in [1.807, 2.05) is 12.1 Å². The minimum atomic E-state index is -4.00. The lowest BCUT2D eigenvalue weighted by Gasteiger charge is -2.22. The van der Waals surface area contributed by atoms with Gasteiger partial charge in [-0.15, -0.1) is 23.2 Å². The summed E-state index contributed by atoms with van der Waals surface area (Å²) in [6.45, 7) is 0.186. The lowest BCUT2D eigenvalue weighted by molar-refractivity contribution is 0.373. The van der Waals surface area contributed by atoms with E-state index in [0.717, 1.165) is 5.56 Å². The molecule has 8 nitrogen and oxygen atoms in total. The molecule has 35 heavy (non-hydrogen) atoms. The third-order valence-electron chi connectivity index (χ3n) is 5.47. The van der Waals surface area contributed by atoms with Gasteiger partial charge in [0.25, 0.3) is 0 Å². The molecule has 0 saturated heterocycles. The zero-order valence-electron chi connectivity index (χ0n) is 19.1. The molecular formula is C22H25Cl3N4O4S2. The van der Waals surface area contributed by atoms with E-state index in [0.29, 0.717) is 28.5 Å². The number of sulfonamides is 1. The van der Waals surface area contributed by atoms with Crippen LogP contribution in [0.15, 0.2) is 46.4 Å². The van der Waals surface area contributed by atoms with Gasteiger partial charge in [-0.05, 0) is 36.0 Å². The van der Waals surface area contributed by atoms with Gasteiger partial charge in [0.1, 0.15) is 16.4 Å². The monoisotopic (exact) mass is 578 g/mol. The highest BCUT2D eigenvalue weighted by Gasteiger charge is 2.34.